The van der Waals surface area contributed by atoms with Crippen LogP contribution in [0.2, 0.25) is 19.6 Å². The van der Waals surface area contributed by atoms with Gasteiger partial charge < -0.3 is 14.7 Å². The van der Waals surface area contributed by atoms with Gasteiger partial charge in [-0.3, -0.25) is 0 Å². The molecular weight excluding hydrogens is 494 g/mol. The van der Waals surface area contributed by atoms with Crippen molar-refractivity contribution < 1.29 is 14.6 Å². The number of carbonyl (C=O) groups excluding carboxylic acids is 1. The standard InChI is InChI=1S/C27H42BrNO3Si/c1-16(2)29(17(3)4)26(31)32-25(33(7,8)9)23-21(14-19-15-22(23)27(19,5)6)24(30)18-10-12-20(28)13-11-18/h10-13,16-17,19,21-22,24,30H,14-15H2,1-9H3/b25-23-/t19-,21-,22-,24+/m0/s1. The molecule has 1 aromatic carbocycles. The second-order valence-electron chi connectivity index (χ2n) is 12.1. The van der Waals surface area contributed by atoms with Gasteiger partial charge >= 0.3 is 6.09 Å². The van der Waals surface area contributed by atoms with Crippen molar-refractivity contribution in [3.63, 3.8) is 0 Å². The van der Waals surface area contributed by atoms with Gasteiger partial charge in [-0.05, 0) is 81.1 Å². The molecule has 6 heteroatoms. The predicted octanol–water partition coefficient (Wildman–Crippen LogP) is 7.55. The van der Waals surface area contributed by atoms with E-state index in [1.807, 2.05) is 56.9 Å². The lowest BCUT2D eigenvalue weighted by Crippen LogP contribution is -2.54. The van der Waals surface area contributed by atoms with Crippen LogP contribution in [0.3, 0.4) is 0 Å². The highest BCUT2D eigenvalue weighted by Gasteiger charge is 2.58. The summed E-state index contributed by atoms with van der Waals surface area (Å²) in [6.07, 6.45) is 1.18. The summed E-state index contributed by atoms with van der Waals surface area (Å²) in [4.78, 5) is 15.2. The van der Waals surface area contributed by atoms with E-state index >= 15 is 0 Å². The zero-order valence-electron chi connectivity index (χ0n) is 21.8. The number of ether oxygens (including phenoxy) is 1. The topological polar surface area (TPSA) is 49.8 Å². The third kappa shape index (κ3) is 5.13. The fraction of sp³-hybridized carbons (Fsp3) is 0.667. The van der Waals surface area contributed by atoms with Crippen LogP contribution in [0.1, 0.15) is 66.1 Å². The Hall–Kier alpha value is -1.11. The molecule has 4 atom stereocenters. The molecule has 3 fully saturated rings. The van der Waals surface area contributed by atoms with Gasteiger partial charge in [0.1, 0.15) is 8.07 Å². The molecule has 0 unspecified atom stereocenters. The number of hydrogen-bond acceptors (Lipinski definition) is 3. The highest BCUT2D eigenvalue weighted by atomic mass is 79.9. The van der Waals surface area contributed by atoms with Crippen LogP contribution in [0, 0.1) is 23.2 Å². The van der Waals surface area contributed by atoms with Crippen LogP contribution in [0.15, 0.2) is 39.7 Å². The van der Waals surface area contributed by atoms with Crippen LogP contribution in [-0.2, 0) is 4.74 Å². The van der Waals surface area contributed by atoms with Gasteiger partial charge in [0.15, 0.2) is 0 Å². The Kier molecular flexibility index (Phi) is 7.63. The quantitative estimate of drug-likeness (QED) is 0.302. The van der Waals surface area contributed by atoms with Crippen LogP contribution >= 0.6 is 15.9 Å². The Balaban J connectivity index is 2.10. The van der Waals surface area contributed by atoms with Gasteiger partial charge in [0.25, 0.3) is 0 Å². The lowest BCUT2D eigenvalue weighted by atomic mass is 9.44. The smallest absolute Gasteiger partial charge is 0.414 e. The summed E-state index contributed by atoms with van der Waals surface area (Å²) in [5.41, 5.74) is 2.29. The second kappa shape index (κ2) is 9.50. The molecule has 0 spiro atoms. The first-order chi connectivity index (χ1) is 15.2. The Labute approximate surface area is 209 Å². The number of rotatable bonds is 6. The molecule has 1 aromatic rings. The molecule has 33 heavy (non-hydrogen) atoms. The van der Waals surface area contributed by atoms with Crippen LogP contribution < -0.4 is 0 Å². The average Bonchev–Trinajstić information content (AvgIpc) is 2.70. The first-order valence-corrected chi connectivity index (χ1v) is 16.6. The maximum Gasteiger partial charge on any atom is 0.414 e. The minimum Gasteiger partial charge on any atom is -0.420 e. The molecule has 0 heterocycles. The molecule has 4 rings (SSSR count). The number of nitrogens with zero attached hydrogens (tertiary/aromatic N) is 1. The molecule has 3 aliphatic carbocycles. The van der Waals surface area contributed by atoms with Gasteiger partial charge in [0.05, 0.1) is 11.5 Å². The summed E-state index contributed by atoms with van der Waals surface area (Å²) in [5, 5.41) is 12.4. The summed E-state index contributed by atoms with van der Waals surface area (Å²) in [6.45, 7) is 19.5. The van der Waals surface area contributed by atoms with Crippen LogP contribution in [0.4, 0.5) is 4.79 Å². The molecule has 2 bridgehead atoms. The zero-order valence-corrected chi connectivity index (χ0v) is 24.4. The van der Waals surface area contributed by atoms with E-state index in [0.717, 1.165) is 28.3 Å². The van der Waals surface area contributed by atoms with Gasteiger partial charge in [-0.2, -0.15) is 0 Å². The molecule has 0 aliphatic heterocycles. The molecule has 3 saturated carbocycles. The van der Waals surface area contributed by atoms with Crippen molar-refractivity contribution in [2.24, 2.45) is 23.2 Å². The lowest BCUT2D eigenvalue weighted by molar-refractivity contribution is -0.0739. The first-order valence-electron chi connectivity index (χ1n) is 12.3. The van der Waals surface area contributed by atoms with Crippen LogP contribution in [0.25, 0.3) is 0 Å². The number of fused-ring (bicyclic) bond motifs is 2. The van der Waals surface area contributed by atoms with Crippen molar-refractivity contribution in [3.05, 3.63) is 45.3 Å². The summed E-state index contributed by atoms with van der Waals surface area (Å²) >= 11 is 3.50. The molecule has 4 nitrogen and oxygen atoms in total. The van der Waals surface area contributed by atoms with E-state index in [0.29, 0.717) is 11.8 Å². The van der Waals surface area contributed by atoms with Crippen molar-refractivity contribution in [1.29, 1.82) is 0 Å². The monoisotopic (exact) mass is 535 g/mol. The third-order valence-electron chi connectivity index (χ3n) is 7.83. The Morgan fingerprint density at radius 3 is 2.09 bits per heavy atom. The molecule has 184 valence electrons. The van der Waals surface area contributed by atoms with E-state index in [-0.39, 0.29) is 29.5 Å². The minimum atomic E-state index is -2.04. The average molecular weight is 537 g/mol. The normalized spacial score (nSPS) is 26.6. The molecule has 1 amide bonds. The fourth-order valence-electron chi connectivity index (χ4n) is 5.96. The van der Waals surface area contributed by atoms with E-state index in [1.165, 1.54) is 5.57 Å². The number of benzene rings is 1. The predicted molar refractivity (Wildman–Crippen MR) is 142 cm³/mol. The highest BCUT2D eigenvalue weighted by molar-refractivity contribution is 9.10. The van der Waals surface area contributed by atoms with E-state index in [9.17, 15) is 9.90 Å². The summed E-state index contributed by atoms with van der Waals surface area (Å²) in [6, 6.07) is 8.08. The zero-order chi connectivity index (χ0) is 24.9. The fourth-order valence-corrected chi connectivity index (χ4v) is 7.84. The molecule has 1 N–H and O–H groups in total. The van der Waals surface area contributed by atoms with Crippen molar-refractivity contribution in [2.45, 2.75) is 92.2 Å². The largest absolute Gasteiger partial charge is 0.420 e. The number of amides is 1. The maximum atomic E-state index is 13.4. The number of hydrogen-bond donors (Lipinski definition) is 1. The van der Waals surface area contributed by atoms with Crippen LogP contribution in [0.5, 0.6) is 0 Å². The second-order valence-corrected chi connectivity index (χ2v) is 18.0. The molecule has 0 radical (unpaired) electrons. The van der Waals surface area contributed by atoms with Crippen molar-refractivity contribution in [3.8, 4) is 0 Å². The number of carbonyl (C=O) groups is 1. The van der Waals surface area contributed by atoms with Crippen LogP contribution in [-0.4, -0.2) is 36.3 Å². The summed E-state index contributed by atoms with van der Waals surface area (Å²) < 4.78 is 7.37. The van der Waals surface area contributed by atoms with Crippen molar-refractivity contribution >= 4 is 30.1 Å². The van der Waals surface area contributed by atoms with Gasteiger partial charge in [-0.15, -0.1) is 0 Å². The van der Waals surface area contributed by atoms with Gasteiger partial charge in [-0.25, -0.2) is 4.79 Å². The molecule has 0 aromatic heterocycles. The molecular formula is C27H42BrNO3Si. The van der Waals surface area contributed by atoms with Crippen molar-refractivity contribution in [1.82, 2.24) is 4.90 Å². The first kappa shape index (κ1) is 26.5. The van der Waals surface area contributed by atoms with Gasteiger partial charge in [-0.1, -0.05) is 61.6 Å². The van der Waals surface area contributed by atoms with E-state index in [1.54, 1.807) is 0 Å². The summed E-state index contributed by atoms with van der Waals surface area (Å²) in [5.74, 6) is 0.902. The number of aliphatic hydroxyl groups is 1. The summed E-state index contributed by atoms with van der Waals surface area (Å²) in [7, 11) is -2.04. The lowest BCUT2D eigenvalue weighted by Gasteiger charge is -2.61. The molecule has 3 aliphatic rings. The van der Waals surface area contributed by atoms with E-state index < -0.39 is 14.2 Å². The van der Waals surface area contributed by atoms with Gasteiger partial charge in [0, 0.05) is 22.5 Å². The third-order valence-corrected chi connectivity index (χ3v) is 10.1. The molecule has 0 saturated heterocycles. The van der Waals surface area contributed by atoms with E-state index in [2.05, 4.69) is 49.4 Å². The SMILES string of the molecule is CC(C)N(C(=O)O/C(=C1\[C@@H]([C@H](O)c2ccc(Br)cc2)C[C@H]2C[C@@H]1C2(C)C)[Si](C)(C)C)C(C)C. The van der Waals surface area contributed by atoms with Gasteiger partial charge in [0.2, 0.25) is 0 Å². The Bertz CT molecular complexity index is 893. The van der Waals surface area contributed by atoms with E-state index in [4.69, 9.17) is 4.74 Å². The van der Waals surface area contributed by atoms with Crippen molar-refractivity contribution in [2.75, 3.05) is 0 Å². The number of halogens is 1. The highest BCUT2D eigenvalue weighted by Crippen LogP contribution is 2.65. The maximum absolute atomic E-state index is 13.4. The number of aliphatic hydroxyl groups excluding tert-OH is 1. The Morgan fingerprint density at radius 2 is 1.64 bits per heavy atom. The minimum absolute atomic E-state index is 0.0241. The Morgan fingerprint density at radius 1 is 1.09 bits per heavy atom.